The maximum Gasteiger partial charge on any atom is 0.267 e. The number of carbonyl (C=O) groups excluding carboxylic acids is 2. The summed E-state index contributed by atoms with van der Waals surface area (Å²) in [5.74, 6) is 0.224. The molecule has 160 valence electrons. The fourth-order valence-electron chi connectivity index (χ4n) is 3.33. The number of aryl methyl sites for hydroxylation is 1. The molecule has 3 aromatic carbocycles. The third-order valence-electron chi connectivity index (χ3n) is 5.05. The van der Waals surface area contributed by atoms with Crippen LogP contribution >= 0.6 is 0 Å². The quantitative estimate of drug-likeness (QED) is 0.577. The number of para-hydroxylation sites is 1. The molecule has 0 spiro atoms. The van der Waals surface area contributed by atoms with E-state index in [4.69, 9.17) is 4.74 Å². The minimum absolute atomic E-state index is 0.202. The number of nitrogens with one attached hydrogen (secondary N) is 1. The number of hydrogen-bond donors (Lipinski definition) is 1. The summed E-state index contributed by atoms with van der Waals surface area (Å²) in [5, 5.41) is 2.93. The highest BCUT2D eigenvalue weighted by molar-refractivity contribution is 6.05. The summed E-state index contributed by atoms with van der Waals surface area (Å²) in [6, 6.07) is 24.4. The molecular weight excluding hydrogens is 388 g/mol. The fraction of sp³-hybridized carbons (Fsp3) is 0.231. The van der Waals surface area contributed by atoms with E-state index in [1.165, 1.54) is 4.90 Å². The van der Waals surface area contributed by atoms with Crippen LogP contribution in [0.5, 0.6) is 5.75 Å². The smallest absolute Gasteiger partial charge is 0.267 e. The van der Waals surface area contributed by atoms with Gasteiger partial charge in [0.05, 0.1) is 11.3 Å². The molecule has 0 aromatic heterocycles. The molecule has 3 rings (SSSR count). The van der Waals surface area contributed by atoms with Crippen molar-refractivity contribution in [3.63, 3.8) is 0 Å². The molecule has 0 saturated heterocycles. The van der Waals surface area contributed by atoms with Gasteiger partial charge in [-0.1, -0.05) is 61.5 Å². The highest BCUT2D eigenvalue weighted by atomic mass is 16.5. The van der Waals surface area contributed by atoms with E-state index in [0.717, 1.165) is 11.1 Å². The minimum atomic E-state index is -0.646. The predicted molar refractivity (Wildman–Crippen MR) is 123 cm³/mol. The predicted octanol–water partition coefficient (Wildman–Crippen LogP) is 4.75. The molecule has 0 heterocycles. The van der Waals surface area contributed by atoms with Gasteiger partial charge in [-0.05, 0) is 48.7 Å². The van der Waals surface area contributed by atoms with Crippen molar-refractivity contribution >= 4 is 17.5 Å². The van der Waals surface area contributed by atoms with E-state index in [1.54, 1.807) is 25.2 Å². The molecule has 0 radical (unpaired) electrons. The number of likely N-dealkylation sites (N-methyl/N-ethyl adjacent to an activating group) is 1. The summed E-state index contributed by atoms with van der Waals surface area (Å²) in [4.78, 5) is 27.5. The third kappa shape index (κ3) is 5.72. The number of amides is 2. The summed E-state index contributed by atoms with van der Waals surface area (Å²) >= 11 is 0. The molecule has 1 atom stereocenters. The van der Waals surface area contributed by atoms with Crippen LogP contribution in [0, 0.1) is 6.92 Å². The van der Waals surface area contributed by atoms with E-state index in [-0.39, 0.29) is 11.8 Å². The van der Waals surface area contributed by atoms with Crippen LogP contribution in [-0.2, 0) is 11.3 Å². The molecule has 5 nitrogen and oxygen atoms in total. The van der Waals surface area contributed by atoms with Crippen molar-refractivity contribution < 1.29 is 14.3 Å². The lowest BCUT2D eigenvalue weighted by molar-refractivity contribution is -0.125. The number of hydrogen-bond acceptors (Lipinski definition) is 3. The van der Waals surface area contributed by atoms with Crippen LogP contribution in [0.1, 0.15) is 34.8 Å². The van der Waals surface area contributed by atoms with Crippen LogP contribution in [0.3, 0.4) is 0 Å². The Balaban J connectivity index is 1.75. The second kappa shape index (κ2) is 10.4. The van der Waals surface area contributed by atoms with Crippen LogP contribution in [-0.4, -0.2) is 25.0 Å². The zero-order chi connectivity index (χ0) is 22.2. The first-order chi connectivity index (χ1) is 15.0. The number of carbonyl (C=O) groups is 2. The third-order valence-corrected chi connectivity index (χ3v) is 5.05. The second-order valence-corrected chi connectivity index (χ2v) is 7.41. The van der Waals surface area contributed by atoms with Crippen molar-refractivity contribution in [2.24, 2.45) is 0 Å². The molecule has 2 amide bonds. The Labute approximate surface area is 183 Å². The molecule has 0 fully saturated rings. The zero-order valence-electron chi connectivity index (χ0n) is 18.2. The van der Waals surface area contributed by atoms with Crippen LogP contribution in [0.4, 0.5) is 5.69 Å². The van der Waals surface area contributed by atoms with Gasteiger partial charge in [-0.15, -0.1) is 0 Å². The van der Waals surface area contributed by atoms with Gasteiger partial charge in [0.1, 0.15) is 5.75 Å². The van der Waals surface area contributed by atoms with Gasteiger partial charge in [0, 0.05) is 13.6 Å². The molecule has 0 saturated carbocycles. The van der Waals surface area contributed by atoms with E-state index in [2.05, 4.69) is 5.32 Å². The first-order valence-electron chi connectivity index (χ1n) is 10.4. The topological polar surface area (TPSA) is 58.6 Å². The van der Waals surface area contributed by atoms with E-state index < -0.39 is 6.10 Å². The van der Waals surface area contributed by atoms with Crippen molar-refractivity contribution in [1.29, 1.82) is 0 Å². The van der Waals surface area contributed by atoms with Gasteiger partial charge >= 0.3 is 0 Å². The lowest BCUT2D eigenvalue weighted by Crippen LogP contribution is -2.40. The SMILES string of the molecule is CCC(Oc1cccc(C)c1)C(=O)N(C)c1ccccc1C(=O)NCc1ccccc1. The van der Waals surface area contributed by atoms with Crippen LogP contribution in [0.2, 0.25) is 0 Å². The zero-order valence-corrected chi connectivity index (χ0v) is 18.2. The first-order valence-corrected chi connectivity index (χ1v) is 10.4. The largest absolute Gasteiger partial charge is 0.481 e. The molecule has 31 heavy (non-hydrogen) atoms. The first kappa shape index (κ1) is 22.1. The van der Waals surface area contributed by atoms with Gasteiger partial charge in [0.2, 0.25) is 0 Å². The summed E-state index contributed by atoms with van der Waals surface area (Å²) in [6.45, 7) is 4.30. The van der Waals surface area contributed by atoms with Gasteiger partial charge in [0.25, 0.3) is 11.8 Å². The Morgan fingerprint density at radius 1 is 0.968 bits per heavy atom. The summed E-state index contributed by atoms with van der Waals surface area (Å²) < 4.78 is 5.96. The summed E-state index contributed by atoms with van der Waals surface area (Å²) in [7, 11) is 1.67. The van der Waals surface area contributed by atoms with Crippen LogP contribution in [0.25, 0.3) is 0 Å². The number of nitrogens with zero attached hydrogens (tertiary/aromatic N) is 1. The van der Waals surface area contributed by atoms with E-state index in [1.807, 2.05) is 74.5 Å². The fourth-order valence-corrected chi connectivity index (χ4v) is 3.33. The van der Waals surface area contributed by atoms with Crippen LogP contribution < -0.4 is 15.0 Å². The van der Waals surface area contributed by atoms with Gasteiger partial charge < -0.3 is 15.0 Å². The number of benzene rings is 3. The van der Waals surface area contributed by atoms with E-state index >= 15 is 0 Å². The van der Waals surface area contributed by atoms with Gasteiger partial charge in [-0.2, -0.15) is 0 Å². The van der Waals surface area contributed by atoms with Gasteiger partial charge in [0.15, 0.2) is 6.10 Å². The normalized spacial score (nSPS) is 11.5. The molecule has 0 aliphatic rings. The monoisotopic (exact) mass is 416 g/mol. The van der Waals surface area contributed by atoms with Crippen molar-refractivity contribution in [2.75, 3.05) is 11.9 Å². The van der Waals surface area contributed by atoms with Crippen LogP contribution in [0.15, 0.2) is 78.9 Å². The summed E-state index contributed by atoms with van der Waals surface area (Å²) in [6.07, 6.45) is -0.133. The molecular formula is C26H28N2O3. The lowest BCUT2D eigenvalue weighted by atomic mass is 10.1. The van der Waals surface area contributed by atoms with Crippen molar-refractivity contribution in [3.05, 3.63) is 95.6 Å². The molecule has 1 N–H and O–H groups in total. The Morgan fingerprint density at radius 2 is 1.68 bits per heavy atom. The Morgan fingerprint density at radius 3 is 2.39 bits per heavy atom. The van der Waals surface area contributed by atoms with Crippen molar-refractivity contribution in [1.82, 2.24) is 5.32 Å². The molecule has 5 heteroatoms. The van der Waals surface area contributed by atoms with Crippen molar-refractivity contribution in [2.45, 2.75) is 32.9 Å². The highest BCUT2D eigenvalue weighted by Gasteiger charge is 2.26. The highest BCUT2D eigenvalue weighted by Crippen LogP contribution is 2.22. The number of ether oxygens (including phenoxy) is 1. The Kier molecular flexibility index (Phi) is 7.44. The van der Waals surface area contributed by atoms with Gasteiger partial charge in [-0.25, -0.2) is 0 Å². The second-order valence-electron chi connectivity index (χ2n) is 7.41. The Bertz CT molecular complexity index is 1030. The van der Waals surface area contributed by atoms with Crippen molar-refractivity contribution in [3.8, 4) is 5.75 Å². The number of anilines is 1. The van der Waals surface area contributed by atoms with Gasteiger partial charge in [-0.3, -0.25) is 9.59 Å². The molecule has 0 bridgehead atoms. The lowest BCUT2D eigenvalue weighted by Gasteiger charge is -2.25. The molecule has 1 unspecified atom stereocenters. The maximum absolute atomic E-state index is 13.2. The van der Waals surface area contributed by atoms with E-state index in [9.17, 15) is 9.59 Å². The molecule has 0 aliphatic heterocycles. The van der Waals surface area contributed by atoms with E-state index in [0.29, 0.717) is 30.0 Å². The maximum atomic E-state index is 13.2. The average molecular weight is 417 g/mol. The minimum Gasteiger partial charge on any atom is -0.481 e. The molecule has 3 aromatic rings. The molecule has 0 aliphatic carbocycles. The number of rotatable bonds is 8. The standard InChI is InChI=1S/C26H28N2O3/c1-4-24(31-21-14-10-11-19(2)17-21)26(30)28(3)23-16-9-8-15-22(23)25(29)27-18-20-12-6-5-7-13-20/h5-17,24H,4,18H2,1-3H3,(H,27,29). The summed E-state index contributed by atoms with van der Waals surface area (Å²) in [5.41, 5.74) is 3.06. The Hall–Kier alpha value is -3.60. The average Bonchev–Trinajstić information content (AvgIpc) is 2.80.